The van der Waals surface area contributed by atoms with Crippen LogP contribution in [0.25, 0.3) is 21.2 Å². The molecule has 0 aliphatic rings. The Morgan fingerprint density at radius 2 is 1.91 bits per heavy atom. The maximum absolute atomic E-state index is 4.44. The first-order valence-corrected chi connectivity index (χ1v) is 8.28. The summed E-state index contributed by atoms with van der Waals surface area (Å²) >= 11 is 1.77. The molecule has 2 aromatic heterocycles. The van der Waals surface area contributed by atoms with Crippen molar-refractivity contribution in [3.05, 3.63) is 78.0 Å². The number of thiophene rings is 1. The number of hydrogen-bond donors (Lipinski definition) is 0. The second-order valence-corrected chi connectivity index (χ2v) is 6.50. The molecular formula is C20H19NS. The molecule has 0 amide bonds. The third-order valence-electron chi connectivity index (χ3n) is 3.93. The molecule has 1 nitrogen and oxygen atoms in total. The molecule has 22 heavy (non-hydrogen) atoms. The van der Waals surface area contributed by atoms with Crippen molar-refractivity contribution < 1.29 is 0 Å². The minimum absolute atomic E-state index is 0.887. The molecule has 2 heterocycles. The molecule has 1 aromatic carbocycles. The van der Waals surface area contributed by atoms with Gasteiger partial charge in [0.15, 0.2) is 0 Å². The lowest BCUT2D eigenvalue weighted by atomic mass is 9.97. The molecule has 0 bridgehead atoms. The molecule has 0 saturated carbocycles. The van der Waals surface area contributed by atoms with Gasteiger partial charge in [0, 0.05) is 10.9 Å². The van der Waals surface area contributed by atoms with Crippen LogP contribution in [0, 0.1) is 6.92 Å². The predicted octanol–water partition coefficient (Wildman–Crippen LogP) is 6.11. The molecule has 0 atom stereocenters. The van der Waals surface area contributed by atoms with Crippen LogP contribution >= 0.6 is 11.3 Å². The monoisotopic (exact) mass is 305 g/mol. The van der Waals surface area contributed by atoms with E-state index in [1.807, 2.05) is 12.3 Å². The van der Waals surface area contributed by atoms with Crippen molar-refractivity contribution in [1.29, 1.82) is 0 Å². The molecule has 0 unspecified atom stereocenters. The van der Waals surface area contributed by atoms with Crippen LogP contribution in [-0.4, -0.2) is 4.98 Å². The third-order valence-corrected chi connectivity index (χ3v) is 4.83. The highest BCUT2D eigenvalue weighted by molar-refractivity contribution is 7.17. The maximum atomic E-state index is 4.44. The number of pyridine rings is 1. The molecule has 0 aliphatic carbocycles. The Hall–Kier alpha value is -2.19. The predicted molar refractivity (Wildman–Crippen MR) is 98.1 cm³/mol. The lowest BCUT2D eigenvalue weighted by molar-refractivity contribution is 1.06. The SMILES string of the molecule is C=C(CCC(=C)c1ncccc1C)c1ccc2sccc2c1. The van der Waals surface area contributed by atoms with E-state index >= 15 is 0 Å². The average Bonchev–Trinajstić information content (AvgIpc) is 3.00. The topological polar surface area (TPSA) is 12.9 Å². The quantitative estimate of drug-likeness (QED) is 0.554. The minimum Gasteiger partial charge on any atom is -0.256 e. The summed E-state index contributed by atoms with van der Waals surface area (Å²) in [7, 11) is 0. The zero-order valence-corrected chi connectivity index (χ0v) is 13.6. The van der Waals surface area contributed by atoms with Crippen LogP contribution in [0.3, 0.4) is 0 Å². The van der Waals surface area contributed by atoms with Crippen molar-refractivity contribution in [3.8, 4) is 0 Å². The Kier molecular flexibility index (Phi) is 4.21. The van der Waals surface area contributed by atoms with Crippen molar-refractivity contribution in [2.45, 2.75) is 19.8 Å². The van der Waals surface area contributed by atoms with Crippen LogP contribution in [0.2, 0.25) is 0 Å². The molecule has 2 heteroatoms. The summed E-state index contributed by atoms with van der Waals surface area (Å²) in [6.07, 6.45) is 3.62. The van der Waals surface area contributed by atoms with Crippen LogP contribution in [0.4, 0.5) is 0 Å². The highest BCUT2D eigenvalue weighted by Crippen LogP contribution is 2.28. The minimum atomic E-state index is 0.887. The largest absolute Gasteiger partial charge is 0.256 e. The molecule has 0 aliphatic heterocycles. The van der Waals surface area contributed by atoms with E-state index in [0.29, 0.717) is 0 Å². The normalized spacial score (nSPS) is 10.8. The third kappa shape index (κ3) is 3.02. The standard InChI is InChI=1S/C20H19NS/c1-14(17-8-9-19-18(13-17)10-12-22-19)6-7-16(3)20-15(2)5-4-11-21-20/h4-5,8-13H,1,3,6-7H2,2H3. The Morgan fingerprint density at radius 3 is 2.73 bits per heavy atom. The van der Waals surface area contributed by atoms with E-state index in [2.05, 4.69) is 60.8 Å². The van der Waals surface area contributed by atoms with Gasteiger partial charge in [-0.3, -0.25) is 4.98 Å². The second kappa shape index (κ2) is 6.29. The summed E-state index contributed by atoms with van der Waals surface area (Å²) in [5.74, 6) is 0. The Balaban J connectivity index is 1.69. The van der Waals surface area contributed by atoms with Crippen molar-refractivity contribution >= 4 is 32.6 Å². The number of fused-ring (bicyclic) bond motifs is 1. The number of allylic oxidation sites excluding steroid dienone is 2. The number of aromatic nitrogens is 1. The molecule has 3 aromatic rings. The zero-order chi connectivity index (χ0) is 15.5. The summed E-state index contributed by atoms with van der Waals surface area (Å²) < 4.78 is 1.32. The van der Waals surface area contributed by atoms with E-state index in [1.165, 1.54) is 21.2 Å². The van der Waals surface area contributed by atoms with Crippen molar-refractivity contribution in [2.24, 2.45) is 0 Å². The summed E-state index contributed by atoms with van der Waals surface area (Å²) in [5.41, 5.74) is 5.65. The lowest BCUT2D eigenvalue weighted by Crippen LogP contribution is -1.93. The molecule has 0 radical (unpaired) electrons. The van der Waals surface area contributed by atoms with Gasteiger partial charge in [0.05, 0.1) is 5.69 Å². The number of benzene rings is 1. The van der Waals surface area contributed by atoms with E-state index in [1.54, 1.807) is 11.3 Å². The van der Waals surface area contributed by atoms with Crippen LogP contribution in [0.15, 0.2) is 61.1 Å². The van der Waals surface area contributed by atoms with E-state index < -0.39 is 0 Å². The van der Waals surface area contributed by atoms with Crippen LogP contribution in [0.1, 0.15) is 29.7 Å². The smallest absolute Gasteiger partial charge is 0.0684 e. The van der Waals surface area contributed by atoms with Crippen molar-refractivity contribution in [3.63, 3.8) is 0 Å². The Morgan fingerprint density at radius 1 is 1.09 bits per heavy atom. The number of aryl methyl sites for hydroxylation is 1. The molecule has 3 rings (SSSR count). The summed E-state index contributed by atoms with van der Waals surface area (Å²) in [4.78, 5) is 4.44. The zero-order valence-electron chi connectivity index (χ0n) is 12.8. The number of nitrogens with zero attached hydrogens (tertiary/aromatic N) is 1. The van der Waals surface area contributed by atoms with Gasteiger partial charge >= 0.3 is 0 Å². The van der Waals surface area contributed by atoms with E-state index in [4.69, 9.17) is 0 Å². The molecule has 0 spiro atoms. The fourth-order valence-corrected chi connectivity index (χ4v) is 3.38. The molecular weight excluding hydrogens is 286 g/mol. The van der Waals surface area contributed by atoms with E-state index in [0.717, 1.165) is 29.7 Å². The fraction of sp³-hybridized carbons (Fsp3) is 0.150. The van der Waals surface area contributed by atoms with Gasteiger partial charge in [-0.15, -0.1) is 11.3 Å². The highest BCUT2D eigenvalue weighted by Gasteiger charge is 2.07. The summed E-state index contributed by atoms with van der Waals surface area (Å²) in [6, 6.07) is 12.8. The lowest BCUT2D eigenvalue weighted by Gasteiger charge is -2.10. The summed E-state index contributed by atoms with van der Waals surface area (Å²) in [5, 5.41) is 3.42. The van der Waals surface area contributed by atoms with Gasteiger partial charge in [0.25, 0.3) is 0 Å². The van der Waals surface area contributed by atoms with Gasteiger partial charge in [-0.25, -0.2) is 0 Å². The molecule has 0 N–H and O–H groups in total. The first-order chi connectivity index (χ1) is 10.6. The van der Waals surface area contributed by atoms with Gasteiger partial charge in [0.1, 0.15) is 0 Å². The van der Waals surface area contributed by atoms with Crippen LogP contribution in [-0.2, 0) is 0 Å². The van der Waals surface area contributed by atoms with Gasteiger partial charge in [0.2, 0.25) is 0 Å². The average molecular weight is 305 g/mol. The maximum Gasteiger partial charge on any atom is 0.0684 e. The van der Waals surface area contributed by atoms with Crippen molar-refractivity contribution in [1.82, 2.24) is 4.98 Å². The van der Waals surface area contributed by atoms with Crippen molar-refractivity contribution in [2.75, 3.05) is 0 Å². The van der Waals surface area contributed by atoms with E-state index in [9.17, 15) is 0 Å². The Labute approximate surface area is 135 Å². The molecule has 0 saturated heterocycles. The van der Waals surface area contributed by atoms with Crippen LogP contribution < -0.4 is 0 Å². The summed E-state index contributed by atoms with van der Waals surface area (Å²) in [6.45, 7) is 10.5. The Bertz CT molecular complexity index is 842. The van der Waals surface area contributed by atoms with E-state index in [-0.39, 0.29) is 0 Å². The fourth-order valence-electron chi connectivity index (χ4n) is 2.61. The second-order valence-electron chi connectivity index (χ2n) is 5.55. The molecule has 0 fully saturated rings. The first-order valence-electron chi connectivity index (χ1n) is 7.40. The van der Waals surface area contributed by atoms with Crippen LogP contribution in [0.5, 0.6) is 0 Å². The van der Waals surface area contributed by atoms with Gasteiger partial charge in [-0.2, -0.15) is 0 Å². The van der Waals surface area contributed by atoms with Gasteiger partial charge < -0.3 is 0 Å². The number of rotatable bonds is 5. The molecule has 110 valence electrons. The highest BCUT2D eigenvalue weighted by atomic mass is 32.1. The first kappa shape index (κ1) is 14.7. The van der Waals surface area contributed by atoms with Gasteiger partial charge in [-0.05, 0) is 77.1 Å². The number of hydrogen-bond acceptors (Lipinski definition) is 2. The van der Waals surface area contributed by atoms with Gasteiger partial charge in [-0.1, -0.05) is 25.3 Å².